The summed E-state index contributed by atoms with van der Waals surface area (Å²) in [5.41, 5.74) is 1.62. The highest BCUT2D eigenvalue weighted by Crippen LogP contribution is 2.16. The molecule has 1 aliphatic heterocycles. The molecular weight excluding hydrogens is 360 g/mol. The first kappa shape index (κ1) is 20.3. The number of aryl methyl sites for hydroxylation is 2. The van der Waals surface area contributed by atoms with Crippen molar-refractivity contribution in [1.82, 2.24) is 9.62 Å². The normalized spacial score (nSPS) is 17.9. The summed E-state index contributed by atoms with van der Waals surface area (Å²) < 4.78 is 32.5. The molecule has 1 saturated heterocycles. The van der Waals surface area contributed by atoms with Gasteiger partial charge in [-0.15, -0.1) is 0 Å². The number of carbonyl (C=O) groups excluding carboxylic acids is 1. The fourth-order valence-electron chi connectivity index (χ4n) is 2.89. The van der Waals surface area contributed by atoms with Gasteiger partial charge in [0.2, 0.25) is 15.9 Å². The number of hydrogen-bond donors (Lipinski definition) is 2. The van der Waals surface area contributed by atoms with Gasteiger partial charge in [-0.05, 0) is 25.5 Å². The summed E-state index contributed by atoms with van der Waals surface area (Å²) in [5.74, 6) is -1.21. The van der Waals surface area contributed by atoms with E-state index in [2.05, 4.69) is 4.72 Å². The summed E-state index contributed by atoms with van der Waals surface area (Å²) >= 11 is 0. The number of nitrogens with zero attached hydrogens (tertiary/aromatic N) is 1. The van der Waals surface area contributed by atoms with Crippen molar-refractivity contribution in [3.8, 4) is 0 Å². The Balaban J connectivity index is 1.88. The molecule has 1 amide bonds. The van der Waals surface area contributed by atoms with Gasteiger partial charge >= 0.3 is 5.97 Å². The molecule has 1 fully saturated rings. The number of carboxylic acid groups (broad SMARTS) is 1. The summed E-state index contributed by atoms with van der Waals surface area (Å²) in [6.45, 7) is 4.44. The highest BCUT2D eigenvalue weighted by atomic mass is 32.2. The molecule has 1 atom stereocenters. The summed E-state index contributed by atoms with van der Waals surface area (Å²) in [6.07, 6.45) is -0.690. The van der Waals surface area contributed by atoms with Crippen LogP contribution >= 0.6 is 0 Å². The number of amides is 1. The fraction of sp³-hybridized carbons (Fsp3) is 0.529. The molecule has 0 radical (unpaired) electrons. The van der Waals surface area contributed by atoms with Crippen LogP contribution in [0, 0.1) is 13.8 Å². The molecule has 26 heavy (non-hydrogen) atoms. The van der Waals surface area contributed by atoms with Crippen molar-refractivity contribution in [2.75, 3.05) is 26.2 Å². The van der Waals surface area contributed by atoms with Crippen LogP contribution in [0.5, 0.6) is 0 Å². The van der Waals surface area contributed by atoms with E-state index in [1.165, 1.54) is 4.90 Å². The van der Waals surface area contributed by atoms with E-state index in [0.717, 1.165) is 5.56 Å². The number of carbonyl (C=O) groups is 2. The predicted molar refractivity (Wildman–Crippen MR) is 94.3 cm³/mol. The Morgan fingerprint density at radius 3 is 2.73 bits per heavy atom. The highest BCUT2D eigenvalue weighted by Gasteiger charge is 2.26. The summed E-state index contributed by atoms with van der Waals surface area (Å²) in [5, 5.41) is 8.81. The van der Waals surface area contributed by atoms with Crippen molar-refractivity contribution < 1.29 is 27.9 Å². The number of benzene rings is 1. The molecule has 0 bridgehead atoms. The van der Waals surface area contributed by atoms with Crippen LogP contribution in [0.25, 0.3) is 0 Å². The van der Waals surface area contributed by atoms with Crippen LogP contribution in [0.15, 0.2) is 23.1 Å². The zero-order valence-corrected chi connectivity index (χ0v) is 15.7. The monoisotopic (exact) mass is 384 g/mol. The topological polar surface area (TPSA) is 113 Å². The van der Waals surface area contributed by atoms with Crippen molar-refractivity contribution in [2.45, 2.75) is 37.7 Å². The highest BCUT2D eigenvalue weighted by molar-refractivity contribution is 7.89. The molecule has 1 unspecified atom stereocenters. The van der Waals surface area contributed by atoms with Gasteiger partial charge in [-0.1, -0.05) is 17.7 Å². The summed E-state index contributed by atoms with van der Waals surface area (Å²) in [6, 6.07) is 5.06. The molecule has 1 aliphatic rings. The lowest BCUT2D eigenvalue weighted by Gasteiger charge is -2.32. The zero-order valence-electron chi connectivity index (χ0n) is 14.9. The predicted octanol–water partition coefficient (Wildman–Crippen LogP) is 0.674. The molecule has 9 heteroatoms. The first-order valence-corrected chi connectivity index (χ1v) is 9.85. The zero-order chi connectivity index (χ0) is 19.3. The minimum atomic E-state index is -3.68. The molecule has 0 saturated carbocycles. The number of nitrogens with one attached hydrogen (secondary N) is 1. The molecular formula is C17H24N2O6S. The molecule has 2 N–H and O–H groups in total. The number of aliphatic carboxylic acids is 1. The third-order valence-electron chi connectivity index (χ3n) is 4.14. The van der Waals surface area contributed by atoms with Gasteiger partial charge in [0.15, 0.2) is 0 Å². The van der Waals surface area contributed by atoms with E-state index < -0.39 is 22.1 Å². The van der Waals surface area contributed by atoms with Crippen LogP contribution < -0.4 is 4.72 Å². The van der Waals surface area contributed by atoms with Crippen molar-refractivity contribution >= 4 is 21.9 Å². The fourth-order valence-corrected chi connectivity index (χ4v) is 4.15. The molecule has 0 aromatic heterocycles. The Labute approximate surface area is 153 Å². The third kappa shape index (κ3) is 5.52. The Hall–Kier alpha value is -1.97. The summed E-state index contributed by atoms with van der Waals surface area (Å²) in [7, 11) is -3.68. The van der Waals surface area contributed by atoms with Gasteiger partial charge in [0.05, 0.1) is 24.0 Å². The van der Waals surface area contributed by atoms with Gasteiger partial charge in [0.1, 0.15) is 0 Å². The van der Waals surface area contributed by atoms with Crippen LogP contribution in [0.1, 0.15) is 24.0 Å². The Bertz CT molecular complexity index is 777. The number of sulfonamides is 1. The van der Waals surface area contributed by atoms with Crippen molar-refractivity contribution in [2.24, 2.45) is 0 Å². The number of ether oxygens (including phenoxy) is 1. The van der Waals surface area contributed by atoms with Crippen molar-refractivity contribution in [3.05, 3.63) is 29.3 Å². The Kier molecular flexibility index (Phi) is 6.74. The smallest absolute Gasteiger partial charge is 0.306 e. The molecule has 2 rings (SSSR count). The van der Waals surface area contributed by atoms with E-state index in [1.807, 2.05) is 6.92 Å². The lowest BCUT2D eigenvalue weighted by atomic mass is 10.2. The van der Waals surface area contributed by atoms with Gasteiger partial charge in [-0.3, -0.25) is 9.59 Å². The summed E-state index contributed by atoms with van der Waals surface area (Å²) in [4.78, 5) is 24.7. The van der Waals surface area contributed by atoms with Crippen LogP contribution in [0.4, 0.5) is 0 Å². The van der Waals surface area contributed by atoms with E-state index in [1.54, 1.807) is 25.1 Å². The average molecular weight is 384 g/mol. The maximum atomic E-state index is 12.4. The van der Waals surface area contributed by atoms with Crippen molar-refractivity contribution in [1.29, 1.82) is 0 Å². The quantitative estimate of drug-likeness (QED) is 0.715. The molecule has 0 spiro atoms. The number of carboxylic acids is 1. The number of rotatable bonds is 7. The maximum absolute atomic E-state index is 12.4. The van der Waals surface area contributed by atoms with Crippen LogP contribution in [0.2, 0.25) is 0 Å². The minimum Gasteiger partial charge on any atom is -0.481 e. The Morgan fingerprint density at radius 2 is 2.08 bits per heavy atom. The maximum Gasteiger partial charge on any atom is 0.306 e. The molecule has 1 aromatic carbocycles. The number of morpholine rings is 1. The average Bonchev–Trinajstić information content (AvgIpc) is 2.53. The molecule has 0 aliphatic carbocycles. The van der Waals surface area contributed by atoms with E-state index in [9.17, 15) is 18.0 Å². The van der Waals surface area contributed by atoms with Gasteiger partial charge in [0, 0.05) is 26.1 Å². The second-order valence-electron chi connectivity index (χ2n) is 6.35. The van der Waals surface area contributed by atoms with E-state index in [0.29, 0.717) is 12.1 Å². The first-order chi connectivity index (χ1) is 12.2. The van der Waals surface area contributed by atoms with E-state index in [4.69, 9.17) is 9.84 Å². The van der Waals surface area contributed by atoms with Gasteiger partial charge in [-0.25, -0.2) is 13.1 Å². The van der Waals surface area contributed by atoms with Gasteiger partial charge in [-0.2, -0.15) is 0 Å². The first-order valence-electron chi connectivity index (χ1n) is 8.37. The molecule has 1 heterocycles. The second-order valence-corrected chi connectivity index (χ2v) is 8.08. The third-order valence-corrected chi connectivity index (χ3v) is 5.77. The number of hydrogen-bond acceptors (Lipinski definition) is 5. The molecule has 8 nitrogen and oxygen atoms in total. The van der Waals surface area contributed by atoms with Gasteiger partial charge < -0.3 is 14.7 Å². The lowest BCUT2D eigenvalue weighted by Crippen LogP contribution is -2.47. The largest absolute Gasteiger partial charge is 0.481 e. The molecule has 144 valence electrons. The van der Waals surface area contributed by atoms with E-state index in [-0.39, 0.29) is 43.3 Å². The second kappa shape index (κ2) is 8.61. The SMILES string of the molecule is Cc1ccc(S(=O)(=O)NCCC(=O)N2CCOC(CC(=O)O)C2)c(C)c1. The van der Waals surface area contributed by atoms with Gasteiger partial charge in [0.25, 0.3) is 0 Å². The van der Waals surface area contributed by atoms with Crippen LogP contribution in [-0.4, -0.2) is 62.6 Å². The standard InChI is InChI=1S/C17H24N2O6S/c1-12-3-4-15(13(2)9-12)26(23,24)18-6-5-16(20)19-7-8-25-14(11-19)10-17(21)22/h3-4,9,14,18H,5-8,10-11H2,1-2H3,(H,21,22). The van der Waals surface area contributed by atoms with Crippen molar-refractivity contribution in [3.63, 3.8) is 0 Å². The van der Waals surface area contributed by atoms with Crippen LogP contribution in [0.3, 0.4) is 0 Å². The molecule has 1 aromatic rings. The van der Waals surface area contributed by atoms with Crippen LogP contribution in [-0.2, 0) is 24.3 Å². The minimum absolute atomic E-state index is 0.00390. The van der Waals surface area contributed by atoms with E-state index >= 15 is 0 Å². The Morgan fingerprint density at radius 1 is 1.35 bits per heavy atom. The lowest BCUT2D eigenvalue weighted by molar-refractivity contribution is -0.147.